The molecule has 4 nitrogen and oxygen atoms in total. The van der Waals surface area contributed by atoms with Crippen LogP contribution in [0.1, 0.15) is 54.9 Å². The maximum Gasteiger partial charge on any atom is 0.338 e. The summed E-state index contributed by atoms with van der Waals surface area (Å²) in [6, 6.07) is 14.2. The molecule has 0 unspecified atom stereocenters. The lowest BCUT2D eigenvalue weighted by Gasteiger charge is -2.08. The lowest BCUT2D eigenvalue weighted by Crippen LogP contribution is -2.12. The molecule has 0 heterocycles. The molecule has 0 aliphatic rings. The SMILES string of the molecule is CCCCCCOC(=O)c1ccc(NC(=O)CCc2cccc(Cl)c2)cc1. The van der Waals surface area contributed by atoms with E-state index in [4.69, 9.17) is 16.3 Å². The molecule has 0 aliphatic carbocycles. The van der Waals surface area contributed by atoms with Crippen LogP contribution >= 0.6 is 11.6 Å². The Morgan fingerprint density at radius 2 is 1.81 bits per heavy atom. The van der Waals surface area contributed by atoms with Gasteiger partial charge >= 0.3 is 5.97 Å². The van der Waals surface area contributed by atoms with E-state index in [1.54, 1.807) is 24.3 Å². The highest BCUT2D eigenvalue weighted by molar-refractivity contribution is 6.30. The van der Waals surface area contributed by atoms with E-state index in [0.29, 0.717) is 35.7 Å². The molecule has 27 heavy (non-hydrogen) atoms. The number of anilines is 1. The van der Waals surface area contributed by atoms with E-state index in [9.17, 15) is 9.59 Å². The molecule has 144 valence electrons. The zero-order valence-corrected chi connectivity index (χ0v) is 16.4. The molecule has 0 fully saturated rings. The number of ether oxygens (including phenoxy) is 1. The van der Waals surface area contributed by atoms with Crippen LogP contribution in [0.4, 0.5) is 5.69 Å². The Kier molecular flexibility index (Phi) is 8.85. The number of unbranched alkanes of at least 4 members (excludes halogenated alkanes) is 3. The second-order valence-corrected chi connectivity index (χ2v) is 6.89. The second-order valence-electron chi connectivity index (χ2n) is 6.45. The number of esters is 1. The Balaban J connectivity index is 1.75. The summed E-state index contributed by atoms with van der Waals surface area (Å²) >= 11 is 5.95. The first-order valence-electron chi connectivity index (χ1n) is 9.40. The molecule has 0 radical (unpaired) electrons. The van der Waals surface area contributed by atoms with Crippen LogP contribution in [-0.4, -0.2) is 18.5 Å². The molecule has 0 spiro atoms. The van der Waals surface area contributed by atoms with Gasteiger partial charge in [-0.3, -0.25) is 4.79 Å². The predicted octanol–water partition coefficient (Wildman–Crippen LogP) is 5.65. The third kappa shape index (κ3) is 7.83. The van der Waals surface area contributed by atoms with Crippen molar-refractivity contribution < 1.29 is 14.3 Å². The fourth-order valence-corrected chi connectivity index (χ4v) is 2.85. The molecule has 0 aromatic heterocycles. The summed E-state index contributed by atoms with van der Waals surface area (Å²) in [4.78, 5) is 24.1. The van der Waals surface area contributed by atoms with Gasteiger partial charge in [0.05, 0.1) is 12.2 Å². The standard InChI is InChI=1S/C22H26ClNO3/c1-2-3-4-5-15-27-22(26)18-10-12-20(13-11-18)24-21(25)14-9-17-7-6-8-19(23)16-17/h6-8,10-13,16H,2-5,9,14-15H2,1H3,(H,24,25). The fourth-order valence-electron chi connectivity index (χ4n) is 2.64. The number of nitrogens with one attached hydrogen (secondary N) is 1. The molecule has 0 atom stereocenters. The average molecular weight is 388 g/mol. The summed E-state index contributed by atoms with van der Waals surface area (Å²) < 4.78 is 5.26. The smallest absolute Gasteiger partial charge is 0.338 e. The zero-order valence-electron chi connectivity index (χ0n) is 15.7. The third-order valence-corrected chi connectivity index (χ3v) is 4.40. The van der Waals surface area contributed by atoms with Crippen LogP contribution in [0.2, 0.25) is 5.02 Å². The van der Waals surface area contributed by atoms with Gasteiger partial charge in [-0.15, -0.1) is 0 Å². The van der Waals surface area contributed by atoms with Gasteiger partial charge in [-0.1, -0.05) is 49.9 Å². The van der Waals surface area contributed by atoms with Gasteiger partial charge in [-0.05, 0) is 54.8 Å². The molecular weight excluding hydrogens is 362 g/mol. The van der Waals surface area contributed by atoms with Gasteiger partial charge in [0, 0.05) is 17.1 Å². The number of rotatable bonds is 10. The fraction of sp³-hybridized carbons (Fsp3) is 0.364. The van der Waals surface area contributed by atoms with E-state index in [0.717, 1.165) is 31.2 Å². The Morgan fingerprint density at radius 3 is 2.52 bits per heavy atom. The lowest BCUT2D eigenvalue weighted by atomic mass is 10.1. The number of halogens is 1. The van der Waals surface area contributed by atoms with Crippen molar-refractivity contribution in [1.29, 1.82) is 0 Å². The summed E-state index contributed by atoms with van der Waals surface area (Å²) in [6.45, 7) is 2.59. The van der Waals surface area contributed by atoms with Crippen LogP contribution in [0, 0.1) is 0 Å². The number of benzene rings is 2. The highest BCUT2D eigenvalue weighted by Crippen LogP contribution is 2.14. The largest absolute Gasteiger partial charge is 0.462 e. The number of hydrogen-bond donors (Lipinski definition) is 1. The number of amides is 1. The van der Waals surface area contributed by atoms with E-state index >= 15 is 0 Å². The van der Waals surface area contributed by atoms with Gasteiger partial charge in [-0.25, -0.2) is 4.79 Å². The Hall–Kier alpha value is -2.33. The summed E-state index contributed by atoms with van der Waals surface area (Å²) in [6.07, 6.45) is 5.25. The Labute approximate surface area is 165 Å². The first-order valence-corrected chi connectivity index (χ1v) is 9.77. The van der Waals surface area contributed by atoms with Crippen LogP contribution < -0.4 is 5.32 Å². The summed E-state index contributed by atoms with van der Waals surface area (Å²) in [5, 5.41) is 3.50. The average Bonchev–Trinajstić information content (AvgIpc) is 2.67. The summed E-state index contributed by atoms with van der Waals surface area (Å²) in [5.74, 6) is -0.411. The van der Waals surface area contributed by atoms with Gasteiger partial charge in [0.1, 0.15) is 0 Å². The van der Waals surface area contributed by atoms with Crippen molar-refractivity contribution >= 4 is 29.2 Å². The van der Waals surface area contributed by atoms with Crippen molar-refractivity contribution in [3.05, 3.63) is 64.7 Å². The van der Waals surface area contributed by atoms with Crippen LogP contribution in [-0.2, 0) is 16.0 Å². The summed E-state index contributed by atoms with van der Waals surface area (Å²) in [5.41, 5.74) is 2.17. The monoisotopic (exact) mass is 387 g/mol. The molecule has 0 saturated heterocycles. The molecule has 2 aromatic carbocycles. The molecular formula is C22H26ClNO3. The van der Waals surface area contributed by atoms with Crippen LogP contribution in [0.3, 0.4) is 0 Å². The molecule has 0 aliphatic heterocycles. The Bertz CT molecular complexity index is 743. The van der Waals surface area contributed by atoms with E-state index in [1.807, 2.05) is 24.3 Å². The summed E-state index contributed by atoms with van der Waals surface area (Å²) in [7, 11) is 0. The first-order chi connectivity index (χ1) is 13.1. The zero-order chi connectivity index (χ0) is 19.5. The molecule has 1 N–H and O–H groups in total. The quantitative estimate of drug-likeness (QED) is 0.423. The normalized spacial score (nSPS) is 10.4. The van der Waals surface area contributed by atoms with Gasteiger partial charge in [0.2, 0.25) is 5.91 Å². The van der Waals surface area contributed by atoms with Crippen molar-refractivity contribution in [3.8, 4) is 0 Å². The number of carbonyl (C=O) groups is 2. The minimum absolute atomic E-state index is 0.0822. The molecule has 0 saturated carbocycles. The molecule has 2 aromatic rings. The van der Waals surface area contributed by atoms with Crippen LogP contribution in [0.25, 0.3) is 0 Å². The second kappa shape index (κ2) is 11.4. The van der Waals surface area contributed by atoms with E-state index in [2.05, 4.69) is 12.2 Å². The Morgan fingerprint density at radius 1 is 1.04 bits per heavy atom. The topological polar surface area (TPSA) is 55.4 Å². The van der Waals surface area contributed by atoms with Crippen molar-refractivity contribution in [1.82, 2.24) is 0 Å². The van der Waals surface area contributed by atoms with Gasteiger partial charge in [-0.2, -0.15) is 0 Å². The highest BCUT2D eigenvalue weighted by atomic mass is 35.5. The van der Waals surface area contributed by atoms with Gasteiger partial charge in [0.15, 0.2) is 0 Å². The molecule has 5 heteroatoms. The molecule has 0 bridgehead atoms. The van der Waals surface area contributed by atoms with Crippen molar-refractivity contribution in [2.45, 2.75) is 45.4 Å². The highest BCUT2D eigenvalue weighted by Gasteiger charge is 2.08. The lowest BCUT2D eigenvalue weighted by molar-refractivity contribution is -0.116. The number of carbonyl (C=O) groups excluding carboxylic acids is 2. The van der Waals surface area contributed by atoms with E-state index in [1.165, 1.54) is 0 Å². The minimum Gasteiger partial charge on any atom is -0.462 e. The maximum atomic E-state index is 12.1. The predicted molar refractivity (Wildman–Crippen MR) is 109 cm³/mol. The molecule has 1 amide bonds. The third-order valence-electron chi connectivity index (χ3n) is 4.17. The van der Waals surface area contributed by atoms with Gasteiger partial charge in [0.25, 0.3) is 0 Å². The number of aryl methyl sites for hydroxylation is 1. The van der Waals surface area contributed by atoms with Gasteiger partial charge < -0.3 is 10.1 Å². The van der Waals surface area contributed by atoms with Crippen LogP contribution in [0.15, 0.2) is 48.5 Å². The van der Waals surface area contributed by atoms with Crippen molar-refractivity contribution in [2.75, 3.05) is 11.9 Å². The van der Waals surface area contributed by atoms with Crippen LogP contribution in [0.5, 0.6) is 0 Å². The maximum absolute atomic E-state index is 12.1. The van der Waals surface area contributed by atoms with Crippen molar-refractivity contribution in [2.24, 2.45) is 0 Å². The number of hydrogen-bond acceptors (Lipinski definition) is 3. The minimum atomic E-state index is -0.328. The van der Waals surface area contributed by atoms with Crippen molar-refractivity contribution in [3.63, 3.8) is 0 Å². The van der Waals surface area contributed by atoms with E-state index < -0.39 is 0 Å². The molecule has 2 rings (SSSR count). The first kappa shape index (κ1) is 21.0. The van der Waals surface area contributed by atoms with E-state index in [-0.39, 0.29) is 11.9 Å².